The SMILES string of the molecule is CCN1C(=O)/C(=C\c2ccc(-c3cccc(Cl)c3Cl)o2)SC1=Nc1cccc(C(=O)O)c1. The van der Waals surface area contributed by atoms with Gasteiger partial charge in [0, 0.05) is 18.2 Å². The molecular formula is C23H16Cl2N2O4S. The van der Waals surface area contributed by atoms with E-state index in [1.807, 2.05) is 6.92 Å². The number of benzene rings is 2. The van der Waals surface area contributed by atoms with Crippen LogP contribution in [0.15, 0.2) is 68.9 Å². The number of carbonyl (C=O) groups excluding carboxylic acids is 1. The fraction of sp³-hybridized carbons (Fsp3) is 0.0870. The molecule has 0 radical (unpaired) electrons. The van der Waals surface area contributed by atoms with E-state index < -0.39 is 5.97 Å². The largest absolute Gasteiger partial charge is 0.478 e. The summed E-state index contributed by atoms with van der Waals surface area (Å²) >= 11 is 13.6. The van der Waals surface area contributed by atoms with E-state index in [0.29, 0.717) is 49.4 Å². The number of likely N-dealkylation sites (N-methyl/N-ethyl adjacent to an activating group) is 1. The number of hydrogen-bond acceptors (Lipinski definition) is 5. The highest BCUT2D eigenvalue weighted by Gasteiger charge is 2.32. The molecule has 0 bridgehead atoms. The molecule has 162 valence electrons. The van der Waals surface area contributed by atoms with Gasteiger partial charge in [-0.1, -0.05) is 35.3 Å². The molecule has 0 unspecified atom stereocenters. The van der Waals surface area contributed by atoms with Gasteiger partial charge in [-0.3, -0.25) is 9.69 Å². The molecule has 0 spiro atoms. The Morgan fingerprint density at radius 3 is 2.72 bits per heavy atom. The normalized spacial score (nSPS) is 16.3. The Labute approximate surface area is 198 Å². The van der Waals surface area contributed by atoms with Crippen molar-refractivity contribution in [3.63, 3.8) is 0 Å². The summed E-state index contributed by atoms with van der Waals surface area (Å²) in [6.45, 7) is 2.26. The van der Waals surface area contributed by atoms with E-state index >= 15 is 0 Å². The number of nitrogens with zero attached hydrogens (tertiary/aromatic N) is 2. The molecule has 2 heterocycles. The lowest BCUT2D eigenvalue weighted by Gasteiger charge is -2.12. The predicted molar refractivity (Wildman–Crippen MR) is 128 cm³/mol. The average Bonchev–Trinajstić information content (AvgIpc) is 3.35. The number of rotatable bonds is 5. The van der Waals surface area contributed by atoms with Crippen molar-refractivity contribution in [2.24, 2.45) is 4.99 Å². The zero-order valence-electron chi connectivity index (χ0n) is 16.7. The van der Waals surface area contributed by atoms with Crippen LogP contribution < -0.4 is 0 Å². The number of thioether (sulfide) groups is 1. The number of amidine groups is 1. The van der Waals surface area contributed by atoms with Crippen LogP contribution in [-0.4, -0.2) is 33.6 Å². The highest BCUT2D eigenvalue weighted by Crippen LogP contribution is 2.37. The van der Waals surface area contributed by atoms with Gasteiger partial charge in [0.05, 0.1) is 26.2 Å². The first-order valence-electron chi connectivity index (χ1n) is 9.55. The molecule has 0 aliphatic carbocycles. The minimum Gasteiger partial charge on any atom is -0.478 e. The standard InChI is InChI=1S/C23H16Cl2N2O4S/c1-2-27-21(28)19(32-23(27)26-14-6-3-5-13(11-14)22(29)30)12-15-9-10-18(31-15)16-7-4-8-17(24)20(16)25/h3-12H,2H2,1H3,(H,29,30)/b19-12+,26-23?. The number of halogens is 2. The van der Waals surface area contributed by atoms with E-state index in [-0.39, 0.29) is 11.5 Å². The second-order valence-electron chi connectivity index (χ2n) is 6.71. The quantitative estimate of drug-likeness (QED) is 0.412. The summed E-state index contributed by atoms with van der Waals surface area (Å²) in [5.41, 5.74) is 1.24. The van der Waals surface area contributed by atoms with Gasteiger partial charge < -0.3 is 9.52 Å². The smallest absolute Gasteiger partial charge is 0.335 e. The number of furan rings is 1. The van der Waals surface area contributed by atoms with Crippen molar-refractivity contribution in [3.05, 3.63) is 80.9 Å². The van der Waals surface area contributed by atoms with E-state index in [9.17, 15) is 14.7 Å². The van der Waals surface area contributed by atoms with E-state index in [1.165, 1.54) is 28.8 Å². The summed E-state index contributed by atoms with van der Waals surface area (Å²) in [6, 6.07) is 15.0. The van der Waals surface area contributed by atoms with Gasteiger partial charge >= 0.3 is 5.97 Å². The van der Waals surface area contributed by atoms with Crippen molar-refractivity contribution in [1.82, 2.24) is 4.90 Å². The topological polar surface area (TPSA) is 83.1 Å². The molecule has 3 aromatic rings. The number of carboxylic acids is 1. The number of aromatic carboxylic acids is 1. The molecule has 9 heteroatoms. The molecule has 1 aliphatic heterocycles. The Balaban J connectivity index is 1.63. The lowest BCUT2D eigenvalue weighted by molar-refractivity contribution is -0.122. The molecule has 32 heavy (non-hydrogen) atoms. The summed E-state index contributed by atoms with van der Waals surface area (Å²) in [5, 5.41) is 10.5. The van der Waals surface area contributed by atoms with Gasteiger partial charge in [-0.15, -0.1) is 0 Å². The monoisotopic (exact) mass is 486 g/mol. The maximum absolute atomic E-state index is 12.9. The third kappa shape index (κ3) is 4.46. The van der Waals surface area contributed by atoms with Crippen molar-refractivity contribution in [2.45, 2.75) is 6.92 Å². The van der Waals surface area contributed by atoms with E-state index in [2.05, 4.69) is 4.99 Å². The first-order valence-corrected chi connectivity index (χ1v) is 11.1. The Kier molecular flexibility index (Phi) is 6.41. The summed E-state index contributed by atoms with van der Waals surface area (Å²) in [5.74, 6) is -0.225. The number of carboxylic acid groups (broad SMARTS) is 1. The molecule has 1 fully saturated rings. The van der Waals surface area contributed by atoms with Crippen molar-refractivity contribution in [1.29, 1.82) is 0 Å². The second kappa shape index (κ2) is 9.24. The van der Waals surface area contributed by atoms with Crippen LogP contribution in [0.5, 0.6) is 0 Å². The molecule has 0 saturated carbocycles. The fourth-order valence-corrected chi connectivity index (χ4v) is 4.52. The molecule has 2 aromatic carbocycles. The number of aliphatic imine (C=N–C) groups is 1. The molecule has 1 amide bonds. The van der Waals surface area contributed by atoms with Crippen LogP contribution >= 0.6 is 35.0 Å². The van der Waals surface area contributed by atoms with Gasteiger partial charge in [-0.25, -0.2) is 9.79 Å². The van der Waals surface area contributed by atoms with Crippen LogP contribution in [0, 0.1) is 0 Å². The lowest BCUT2D eigenvalue weighted by atomic mass is 10.2. The van der Waals surface area contributed by atoms with Crippen LogP contribution in [0.25, 0.3) is 17.4 Å². The highest BCUT2D eigenvalue weighted by atomic mass is 35.5. The zero-order valence-corrected chi connectivity index (χ0v) is 19.0. The second-order valence-corrected chi connectivity index (χ2v) is 8.51. The Morgan fingerprint density at radius 2 is 1.97 bits per heavy atom. The summed E-state index contributed by atoms with van der Waals surface area (Å²) in [6.07, 6.45) is 1.65. The minimum absolute atomic E-state index is 0.128. The zero-order chi connectivity index (χ0) is 22.8. The molecule has 1 saturated heterocycles. The van der Waals surface area contributed by atoms with Crippen molar-refractivity contribution < 1.29 is 19.1 Å². The number of carbonyl (C=O) groups is 2. The van der Waals surface area contributed by atoms with Crippen LogP contribution in [0.2, 0.25) is 10.0 Å². The first kappa shape index (κ1) is 22.2. The molecule has 6 nitrogen and oxygen atoms in total. The van der Waals surface area contributed by atoms with Crippen LogP contribution in [0.3, 0.4) is 0 Å². The van der Waals surface area contributed by atoms with Crippen molar-refractivity contribution >= 4 is 63.8 Å². The van der Waals surface area contributed by atoms with Crippen molar-refractivity contribution in [2.75, 3.05) is 6.54 Å². The lowest BCUT2D eigenvalue weighted by Crippen LogP contribution is -2.28. The number of amides is 1. The average molecular weight is 487 g/mol. The third-order valence-corrected chi connectivity index (χ3v) is 6.46. The van der Waals surface area contributed by atoms with E-state index in [0.717, 1.165) is 0 Å². The van der Waals surface area contributed by atoms with Gasteiger partial charge in [0.1, 0.15) is 11.5 Å². The Morgan fingerprint density at radius 1 is 1.19 bits per heavy atom. The van der Waals surface area contributed by atoms with E-state index in [1.54, 1.807) is 48.5 Å². The van der Waals surface area contributed by atoms with Crippen molar-refractivity contribution in [3.8, 4) is 11.3 Å². The first-order chi connectivity index (χ1) is 15.4. The molecule has 4 rings (SSSR count). The van der Waals surface area contributed by atoms with Crippen LogP contribution in [-0.2, 0) is 4.79 Å². The van der Waals surface area contributed by atoms with Gasteiger partial charge in [-0.2, -0.15) is 0 Å². The van der Waals surface area contributed by atoms with Gasteiger partial charge in [0.15, 0.2) is 5.17 Å². The summed E-state index contributed by atoms with van der Waals surface area (Å²) in [4.78, 5) is 30.5. The van der Waals surface area contributed by atoms with Crippen LogP contribution in [0.4, 0.5) is 5.69 Å². The Hall–Kier alpha value is -3.00. The van der Waals surface area contributed by atoms with Gasteiger partial charge in [0.25, 0.3) is 5.91 Å². The molecular weight excluding hydrogens is 471 g/mol. The predicted octanol–water partition coefficient (Wildman–Crippen LogP) is 6.58. The number of hydrogen-bond donors (Lipinski definition) is 1. The molecule has 1 aliphatic rings. The van der Waals surface area contributed by atoms with Gasteiger partial charge in [0.2, 0.25) is 0 Å². The molecule has 1 N–H and O–H groups in total. The van der Waals surface area contributed by atoms with E-state index in [4.69, 9.17) is 27.6 Å². The maximum atomic E-state index is 12.9. The third-order valence-electron chi connectivity index (χ3n) is 4.64. The molecule has 1 aromatic heterocycles. The molecule has 0 atom stereocenters. The summed E-state index contributed by atoms with van der Waals surface area (Å²) < 4.78 is 5.87. The minimum atomic E-state index is -1.04. The summed E-state index contributed by atoms with van der Waals surface area (Å²) in [7, 11) is 0. The Bertz CT molecular complexity index is 1280. The highest BCUT2D eigenvalue weighted by molar-refractivity contribution is 8.18. The van der Waals surface area contributed by atoms with Crippen LogP contribution in [0.1, 0.15) is 23.0 Å². The van der Waals surface area contributed by atoms with Gasteiger partial charge in [-0.05, 0) is 61.2 Å². The maximum Gasteiger partial charge on any atom is 0.335 e. The fourth-order valence-electron chi connectivity index (χ4n) is 3.09.